The Balaban J connectivity index is 1.96. The maximum absolute atomic E-state index is 5.50. The van der Waals surface area contributed by atoms with E-state index in [0.717, 1.165) is 32.8 Å². The van der Waals surface area contributed by atoms with Gasteiger partial charge in [-0.15, -0.1) is 0 Å². The van der Waals surface area contributed by atoms with Crippen molar-refractivity contribution in [1.29, 1.82) is 0 Å². The molecule has 11 heavy (non-hydrogen) atoms. The average molecular weight is 158 g/mol. The van der Waals surface area contributed by atoms with Gasteiger partial charge in [-0.25, -0.2) is 0 Å². The van der Waals surface area contributed by atoms with Crippen LogP contribution in [0.15, 0.2) is 0 Å². The van der Waals surface area contributed by atoms with Crippen molar-refractivity contribution in [3.63, 3.8) is 0 Å². The molecule has 1 unspecified atom stereocenters. The highest BCUT2D eigenvalue weighted by Gasteiger charge is 2.11. The zero-order chi connectivity index (χ0) is 7.94. The highest BCUT2D eigenvalue weighted by molar-refractivity contribution is 4.68. The molecule has 0 saturated carbocycles. The first-order valence-corrected chi connectivity index (χ1v) is 4.46. The van der Waals surface area contributed by atoms with Crippen molar-refractivity contribution in [1.82, 2.24) is 10.6 Å². The molecular weight excluding hydrogens is 140 g/mol. The fourth-order valence-corrected chi connectivity index (χ4v) is 1.19. The molecule has 1 aliphatic heterocycles. The number of hydrogen-bond acceptors (Lipinski definition) is 3. The van der Waals surface area contributed by atoms with E-state index in [2.05, 4.69) is 17.6 Å². The van der Waals surface area contributed by atoms with Crippen molar-refractivity contribution >= 4 is 0 Å². The van der Waals surface area contributed by atoms with Crippen molar-refractivity contribution < 1.29 is 4.74 Å². The topological polar surface area (TPSA) is 33.3 Å². The molecular formula is C8H18N2O. The third-order valence-corrected chi connectivity index (χ3v) is 1.80. The fraction of sp³-hybridized carbons (Fsp3) is 1.00. The quantitative estimate of drug-likeness (QED) is 0.564. The molecule has 1 rings (SSSR count). The van der Waals surface area contributed by atoms with E-state index in [1.54, 1.807) is 0 Å². The largest absolute Gasteiger partial charge is 0.374 e. The SMILES string of the molecule is CCCNCC1CNCCO1. The highest BCUT2D eigenvalue weighted by atomic mass is 16.5. The Labute approximate surface area is 68.5 Å². The summed E-state index contributed by atoms with van der Waals surface area (Å²) in [5.41, 5.74) is 0. The maximum Gasteiger partial charge on any atom is 0.0824 e. The molecule has 2 N–H and O–H groups in total. The summed E-state index contributed by atoms with van der Waals surface area (Å²) < 4.78 is 5.50. The Hall–Kier alpha value is -0.120. The minimum absolute atomic E-state index is 0.385. The molecule has 1 atom stereocenters. The van der Waals surface area contributed by atoms with E-state index in [1.165, 1.54) is 6.42 Å². The van der Waals surface area contributed by atoms with Crippen LogP contribution in [0.4, 0.5) is 0 Å². The summed E-state index contributed by atoms with van der Waals surface area (Å²) >= 11 is 0. The van der Waals surface area contributed by atoms with Gasteiger partial charge >= 0.3 is 0 Å². The molecule has 0 aliphatic carbocycles. The number of nitrogens with one attached hydrogen (secondary N) is 2. The summed E-state index contributed by atoms with van der Waals surface area (Å²) in [6, 6.07) is 0. The summed E-state index contributed by atoms with van der Waals surface area (Å²) in [7, 11) is 0. The van der Waals surface area contributed by atoms with Crippen molar-refractivity contribution in [2.24, 2.45) is 0 Å². The van der Waals surface area contributed by atoms with Gasteiger partial charge in [0.15, 0.2) is 0 Å². The van der Waals surface area contributed by atoms with Gasteiger partial charge in [0, 0.05) is 19.6 Å². The first-order chi connectivity index (χ1) is 5.43. The Kier molecular flexibility index (Phi) is 4.50. The molecule has 1 aliphatic rings. The van der Waals surface area contributed by atoms with Gasteiger partial charge in [0.2, 0.25) is 0 Å². The van der Waals surface area contributed by atoms with E-state index in [-0.39, 0.29) is 0 Å². The number of morpholine rings is 1. The van der Waals surface area contributed by atoms with Crippen LogP contribution in [0.5, 0.6) is 0 Å². The molecule has 0 radical (unpaired) electrons. The van der Waals surface area contributed by atoms with Crippen molar-refractivity contribution in [2.45, 2.75) is 19.4 Å². The fourth-order valence-electron chi connectivity index (χ4n) is 1.19. The zero-order valence-electron chi connectivity index (χ0n) is 7.23. The lowest BCUT2D eigenvalue weighted by Gasteiger charge is -2.23. The summed E-state index contributed by atoms with van der Waals surface area (Å²) in [6.07, 6.45) is 1.58. The van der Waals surface area contributed by atoms with Gasteiger partial charge in [-0.3, -0.25) is 0 Å². The molecule has 0 aromatic rings. The smallest absolute Gasteiger partial charge is 0.0824 e. The molecule has 3 nitrogen and oxygen atoms in total. The van der Waals surface area contributed by atoms with Crippen LogP contribution in [0.3, 0.4) is 0 Å². The summed E-state index contributed by atoms with van der Waals surface area (Å²) in [6.45, 7) is 7.12. The molecule has 1 fully saturated rings. The zero-order valence-corrected chi connectivity index (χ0v) is 7.23. The van der Waals surface area contributed by atoms with Crippen LogP contribution >= 0.6 is 0 Å². The second-order valence-electron chi connectivity index (χ2n) is 2.90. The minimum atomic E-state index is 0.385. The van der Waals surface area contributed by atoms with Crippen LogP contribution in [-0.4, -0.2) is 38.9 Å². The molecule has 0 amide bonds. The van der Waals surface area contributed by atoms with Gasteiger partial charge in [-0.05, 0) is 13.0 Å². The lowest BCUT2D eigenvalue weighted by atomic mass is 10.3. The monoisotopic (exact) mass is 158 g/mol. The van der Waals surface area contributed by atoms with E-state index in [0.29, 0.717) is 6.10 Å². The number of ether oxygens (including phenoxy) is 1. The predicted molar refractivity (Wildman–Crippen MR) is 45.8 cm³/mol. The first-order valence-electron chi connectivity index (χ1n) is 4.46. The predicted octanol–water partition coefficient (Wildman–Crippen LogP) is -0.0256. The van der Waals surface area contributed by atoms with E-state index < -0.39 is 0 Å². The molecule has 66 valence electrons. The van der Waals surface area contributed by atoms with E-state index in [1.807, 2.05) is 0 Å². The number of hydrogen-bond donors (Lipinski definition) is 2. The lowest BCUT2D eigenvalue weighted by Crippen LogP contribution is -2.44. The van der Waals surface area contributed by atoms with Gasteiger partial charge in [0.1, 0.15) is 0 Å². The second kappa shape index (κ2) is 5.52. The molecule has 0 aromatic carbocycles. The Bertz CT molecular complexity index is 92.1. The third kappa shape index (κ3) is 3.70. The summed E-state index contributed by atoms with van der Waals surface area (Å²) in [5, 5.41) is 6.64. The highest BCUT2D eigenvalue weighted by Crippen LogP contribution is 1.93. The van der Waals surface area contributed by atoms with Gasteiger partial charge in [0.05, 0.1) is 12.7 Å². The number of rotatable bonds is 4. The molecule has 1 heterocycles. The van der Waals surface area contributed by atoms with E-state index >= 15 is 0 Å². The Morgan fingerprint density at radius 2 is 2.55 bits per heavy atom. The molecule has 0 aromatic heterocycles. The van der Waals surface area contributed by atoms with Crippen LogP contribution in [0.1, 0.15) is 13.3 Å². The van der Waals surface area contributed by atoms with Crippen molar-refractivity contribution in [3.05, 3.63) is 0 Å². The van der Waals surface area contributed by atoms with Crippen LogP contribution in [0.2, 0.25) is 0 Å². The normalized spacial score (nSPS) is 25.4. The molecule has 0 bridgehead atoms. The van der Waals surface area contributed by atoms with E-state index in [4.69, 9.17) is 4.74 Å². The van der Waals surface area contributed by atoms with Gasteiger partial charge in [0.25, 0.3) is 0 Å². The van der Waals surface area contributed by atoms with Crippen LogP contribution in [-0.2, 0) is 4.74 Å². The average Bonchev–Trinajstić information content (AvgIpc) is 2.07. The Morgan fingerprint density at radius 1 is 1.64 bits per heavy atom. The lowest BCUT2D eigenvalue weighted by molar-refractivity contribution is 0.0294. The van der Waals surface area contributed by atoms with Gasteiger partial charge in [-0.1, -0.05) is 6.92 Å². The molecule has 0 spiro atoms. The van der Waals surface area contributed by atoms with Crippen LogP contribution in [0.25, 0.3) is 0 Å². The second-order valence-corrected chi connectivity index (χ2v) is 2.90. The minimum Gasteiger partial charge on any atom is -0.374 e. The molecule has 1 saturated heterocycles. The van der Waals surface area contributed by atoms with Crippen LogP contribution < -0.4 is 10.6 Å². The van der Waals surface area contributed by atoms with Crippen molar-refractivity contribution in [2.75, 3.05) is 32.8 Å². The molecule has 3 heteroatoms. The van der Waals surface area contributed by atoms with Crippen molar-refractivity contribution in [3.8, 4) is 0 Å². The van der Waals surface area contributed by atoms with Crippen LogP contribution in [0, 0.1) is 0 Å². The first kappa shape index (κ1) is 8.97. The summed E-state index contributed by atoms with van der Waals surface area (Å²) in [5.74, 6) is 0. The standard InChI is InChI=1S/C8H18N2O/c1-2-3-9-6-8-7-10-4-5-11-8/h8-10H,2-7H2,1H3. The van der Waals surface area contributed by atoms with Gasteiger partial charge < -0.3 is 15.4 Å². The van der Waals surface area contributed by atoms with E-state index in [9.17, 15) is 0 Å². The maximum atomic E-state index is 5.50. The third-order valence-electron chi connectivity index (χ3n) is 1.80. The summed E-state index contributed by atoms with van der Waals surface area (Å²) in [4.78, 5) is 0. The Morgan fingerprint density at radius 3 is 3.18 bits per heavy atom. The van der Waals surface area contributed by atoms with Gasteiger partial charge in [-0.2, -0.15) is 0 Å².